The largest absolute Gasteiger partial charge is 0.478 e. The number of methoxy groups -OCH3 is 1. The third kappa shape index (κ3) is 6.73. The highest BCUT2D eigenvalue weighted by molar-refractivity contribution is 5.93. The summed E-state index contributed by atoms with van der Waals surface area (Å²) in [5, 5.41) is 9.33. The Kier molecular flexibility index (Phi) is 8.55. The number of rotatable bonds is 7. The van der Waals surface area contributed by atoms with Crippen molar-refractivity contribution < 1.29 is 52.8 Å². The Balaban J connectivity index is 3.21. The summed E-state index contributed by atoms with van der Waals surface area (Å²) >= 11 is 0. The van der Waals surface area contributed by atoms with E-state index in [1.807, 2.05) is 0 Å². The van der Waals surface area contributed by atoms with E-state index in [1.165, 1.54) is 6.92 Å². The van der Waals surface area contributed by atoms with Crippen LogP contribution in [0, 0.1) is 0 Å². The Labute approximate surface area is 166 Å². The zero-order valence-corrected chi connectivity index (χ0v) is 16.4. The van der Waals surface area contributed by atoms with E-state index in [1.54, 1.807) is 0 Å². The maximum Gasteiger partial charge on any atom is 0.349 e. The number of carboxylic acids is 1. The number of esters is 4. The van der Waals surface area contributed by atoms with E-state index in [4.69, 9.17) is 9.47 Å². The van der Waals surface area contributed by atoms with Gasteiger partial charge in [0.1, 0.15) is 12.1 Å². The molecule has 0 aromatic carbocycles. The molecular weight excluding hydrogens is 394 g/mol. The molecule has 1 rings (SSSR count). The summed E-state index contributed by atoms with van der Waals surface area (Å²) in [6.07, 6.45) is -4.76. The second-order valence-corrected chi connectivity index (χ2v) is 6.22. The Hall–Kier alpha value is -3.18. The van der Waals surface area contributed by atoms with Crippen LogP contribution >= 0.6 is 0 Å². The van der Waals surface area contributed by atoms with Crippen LogP contribution in [-0.2, 0) is 47.7 Å². The summed E-state index contributed by atoms with van der Waals surface area (Å²) in [5.74, 6) is -6.20. The molecule has 0 aliphatic carbocycles. The molecule has 162 valence electrons. The molecule has 1 aliphatic heterocycles. The van der Waals surface area contributed by atoms with E-state index in [0.29, 0.717) is 0 Å². The van der Waals surface area contributed by atoms with Gasteiger partial charge in [-0.05, 0) is 0 Å². The van der Waals surface area contributed by atoms with E-state index >= 15 is 0 Å². The predicted octanol–water partition coefficient (Wildman–Crippen LogP) is -0.970. The van der Waals surface area contributed by atoms with Crippen LogP contribution in [-0.4, -0.2) is 83.8 Å². The molecule has 0 aromatic rings. The molecule has 1 N–H and O–H groups in total. The normalized spacial score (nSPS) is 20.6. The van der Waals surface area contributed by atoms with Gasteiger partial charge in [-0.2, -0.15) is 0 Å². The topological polar surface area (TPSA) is 163 Å². The van der Waals surface area contributed by atoms with Crippen LogP contribution < -0.4 is 0 Å². The fraction of sp³-hybridized carbons (Fsp3) is 0.647. The summed E-state index contributed by atoms with van der Waals surface area (Å²) < 4.78 is 19.2. The molecule has 1 saturated heterocycles. The monoisotopic (exact) mass is 417 g/mol. The summed E-state index contributed by atoms with van der Waals surface area (Å²) in [4.78, 5) is 71.5. The minimum absolute atomic E-state index is 0.101. The van der Waals surface area contributed by atoms with Gasteiger partial charge in [-0.1, -0.05) is 0 Å². The zero-order valence-electron chi connectivity index (χ0n) is 16.4. The molecule has 29 heavy (non-hydrogen) atoms. The number of aliphatic carboxylic acids is 1. The van der Waals surface area contributed by atoms with Crippen LogP contribution in [0.15, 0.2) is 0 Å². The van der Waals surface area contributed by atoms with Gasteiger partial charge in [0.05, 0.1) is 7.11 Å². The highest BCUT2D eigenvalue weighted by atomic mass is 16.6. The van der Waals surface area contributed by atoms with Crippen molar-refractivity contribution in [3.05, 3.63) is 0 Å². The van der Waals surface area contributed by atoms with E-state index in [-0.39, 0.29) is 19.4 Å². The maximum atomic E-state index is 13.0. The van der Waals surface area contributed by atoms with Gasteiger partial charge in [0.25, 0.3) is 5.91 Å². The Morgan fingerprint density at radius 1 is 0.931 bits per heavy atom. The standard InChI is InChI=1S/C17H23NO11/c1-8(19)27-11-5-6-18(12(7-11)17(25)26-4)15(22)13(28-9(2)20)14(16(23)24)29-10(3)21/h11-14H,5-7H2,1-4H3,(H,23,24)/t11-,12+,13-,14-/m1/s1. The lowest BCUT2D eigenvalue weighted by atomic mass is 9.97. The number of hydrogen-bond acceptors (Lipinski definition) is 10. The van der Waals surface area contributed by atoms with Crippen LogP contribution in [0.3, 0.4) is 0 Å². The number of carboxylic acid groups (broad SMARTS) is 1. The van der Waals surface area contributed by atoms with Crippen molar-refractivity contribution in [2.24, 2.45) is 0 Å². The average Bonchev–Trinajstić information content (AvgIpc) is 2.62. The number of carbonyl (C=O) groups is 6. The minimum atomic E-state index is -2.12. The van der Waals surface area contributed by atoms with Crippen molar-refractivity contribution in [1.82, 2.24) is 4.90 Å². The Morgan fingerprint density at radius 2 is 1.48 bits per heavy atom. The second-order valence-electron chi connectivity index (χ2n) is 6.22. The van der Waals surface area contributed by atoms with Gasteiger partial charge in [0, 0.05) is 40.2 Å². The molecule has 4 atom stereocenters. The van der Waals surface area contributed by atoms with Gasteiger partial charge in [-0.25, -0.2) is 9.59 Å². The lowest BCUT2D eigenvalue weighted by Gasteiger charge is -2.39. The van der Waals surface area contributed by atoms with Crippen LogP contribution in [0.2, 0.25) is 0 Å². The third-order valence-electron chi connectivity index (χ3n) is 3.99. The molecule has 0 bridgehead atoms. The first-order chi connectivity index (χ1) is 13.5. The molecule has 12 nitrogen and oxygen atoms in total. The fourth-order valence-corrected chi connectivity index (χ4v) is 2.90. The number of piperidine rings is 1. The number of amides is 1. The summed E-state index contributed by atoms with van der Waals surface area (Å²) in [5.41, 5.74) is 0. The Bertz CT molecular complexity index is 689. The van der Waals surface area contributed by atoms with E-state index in [2.05, 4.69) is 9.47 Å². The third-order valence-corrected chi connectivity index (χ3v) is 3.99. The van der Waals surface area contributed by atoms with E-state index in [0.717, 1.165) is 25.9 Å². The molecule has 1 amide bonds. The number of likely N-dealkylation sites (tertiary alicyclic amines) is 1. The molecule has 0 spiro atoms. The molecule has 0 unspecified atom stereocenters. The van der Waals surface area contributed by atoms with Crippen molar-refractivity contribution in [2.45, 2.75) is 58.0 Å². The number of ether oxygens (including phenoxy) is 4. The smallest absolute Gasteiger partial charge is 0.349 e. The number of hydrogen-bond donors (Lipinski definition) is 1. The molecule has 0 aromatic heterocycles. The minimum Gasteiger partial charge on any atom is -0.478 e. The van der Waals surface area contributed by atoms with Crippen LogP contribution in [0.25, 0.3) is 0 Å². The molecule has 1 aliphatic rings. The molecular formula is C17H23NO11. The van der Waals surface area contributed by atoms with Gasteiger partial charge in [0.2, 0.25) is 12.2 Å². The van der Waals surface area contributed by atoms with Crippen LogP contribution in [0.5, 0.6) is 0 Å². The van der Waals surface area contributed by atoms with E-state index in [9.17, 15) is 33.9 Å². The number of nitrogens with zero attached hydrogens (tertiary/aromatic N) is 1. The molecule has 1 fully saturated rings. The van der Waals surface area contributed by atoms with Gasteiger partial charge >= 0.3 is 29.8 Å². The van der Waals surface area contributed by atoms with Crippen molar-refractivity contribution in [3.63, 3.8) is 0 Å². The highest BCUT2D eigenvalue weighted by Gasteiger charge is 2.46. The molecule has 1 heterocycles. The van der Waals surface area contributed by atoms with Gasteiger partial charge in [0.15, 0.2) is 0 Å². The van der Waals surface area contributed by atoms with Crippen LogP contribution in [0.1, 0.15) is 33.6 Å². The quantitative estimate of drug-likeness (QED) is 0.400. The SMILES string of the molecule is COC(=O)[C@@H]1C[C@H](OC(C)=O)CCN1C(=O)[C@H](OC(C)=O)[C@@H](OC(C)=O)C(=O)O. The van der Waals surface area contributed by atoms with Crippen LogP contribution in [0.4, 0.5) is 0 Å². The highest BCUT2D eigenvalue weighted by Crippen LogP contribution is 2.24. The van der Waals surface area contributed by atoms with Gasteiger partial charge < -0.3 is 29.0 Å². The summed E-state index contributed by atoms with van der Waals surface area (Å²) in [6.45, 7) is 2.93. The molecule has 12 heteroatoms. The van der Waals surface area contributed by atoms with E-state index < -0.39 is 60.1 Å². The number of carbonyl (C=O) groups excluding carboxylic acids is 5. The fourth-order valence-electron chi connectivity index (χ4n) is 2.90. The Morgan fingerprint density at radius 3 is 1.93 bits per heavy atom. The summed E-state index contributed by atoms with van der Waals surface area (Å²) in [6, 6.07) is -1.23. The van der Waals surface area contributed by atoms with Crippen molar-refractivity contribution in [2.75, 3.05) is 13.7 Å². The van der Waals surface area contributed by atoms with Crippen molar-refractivity contribution in [1.29, 1.82) is 0 Å². The lowest BCUT2D eigenvalue weighted by molar-refractivity contribution is -0.186. The average molecular weight is 417 g/mol. The molecule has 0 saturated carbocycles. The zero-order chi connectivity index (χ0) is 22.3. The first-order valence-electron chi connectivity index (χ1n) is 8.60. The molecule has 0 radical (unpaired) electrons. The lowest BCUT2D eigenvalue weighted by Crippen LogP contribution is -2.58. The van der Waals surface area contributed by atoms with Crippen molar-refractivity contribution >= 4 is 35.8 Å². The summed E-state index contributed by atoms with van der Waals surface area (Å²) in [7, 11) is 1.09. The predicted molar refractivity (Wildman–Crippen MR) is 91.0 cm³/mol. The van der Waals surface area contributed by atoms with Crippen molar-refractivity contribution in [3.8, 4) is 0 Å². The van der Waals surface area contributed by atoms with Gasteiger partial charge in [-0.3, -0.25) is 19.2 Å². The first kappa shape index (κ1) is 23.9. The maximum absolute atomic E-state index is 13.0. The second kappa shape index (κ2) is 10.4. The van der Waals surface area contributed by atoms with Gasteiger partial charge in [-0.15, -0.1) is 0 Å². The first-order valence-corrected chi connectivity index (χ1v) is 8.60.